The number of unbranched alkanes of at least 4 members (excludes halogenated alkanes) is 13. The molecule has 3 nitrogen and oxygen atoms in total. The number of esters is 1. The van der Waals surface area contributed by atoms with Gasteiger partial charge in [0.2, 0.25) is 0 Å². The molecular formula is C39H57NO2. The molecule has 0 amide bonds. The smallest absolute Gasteiger partial charge is 0.321 e. The van der Waals surface area contributed by atoms with Crippen molar-refractivity contribution in [1.82, 2.24) is 0 Å². The van der Waals surface area contributed by atoms with E-state index in [0.717, 1.165) is 62.5 Å². The van der Waals surface area contributed by atoms with Crippen molar-refractivity contribution in [1.29, 1.82) is 5.26 Å². The maximum absolute atomic E-state index is 13.9. The molecule has 3 heteroatoms. The average molecular weight is 572 g/mol. The minimum atomic E-state index is -0.626. The Kier molecular flexibility index (Phi) is 15.8. The standard InChI is InChI=1S/C39H57NO2/c1-3-5-7-9-11-13-15-18-22-34-25-28-37(35(31-34)32-40)42-38(41)39(29-19-16-20-30-39)36-26-23-33(24-27-36)21-17-14-12-10-8-6-4-2/h23-28,31H,3-22,29-30H2,1-2H3. The van der Waals surface area contributed by atoms with Crippen LogP contribution in [0.15, 0.2) is 42.5 Å². The van der Waals surface area contributed by atoms with Gasteiger partial charge in [-0.05, 0) is 67.3 Å². The molecule has 0 N–H and O–H groups in total. The van der Waals surface area contributed by atoms with E-state index in [-0.39, 0.29) is 5.97 Å². The molecule has 0 unspecified atom stereocenters. The fourth-order valence-electron chi connectivity index (χ4n) is 6.61. The minimum Gasteiger partial charge on any atom is -0.424 e. The third kappa shape index (κ3) is 10.9. The number of benzene rings is 2. The van der Waals surface area contributed by atoms with Crippen molar-refractivity contribution < 1.29 is 9.53 Å². The molecule has 2 aromatic rings. The zero-order valence-corrected chi connectivity index (χ0v) is 26.9. The van der Waals surface area contributed by atoms with Crippen LogP contribution in [0.1, 0.15) is 165 Å². The van der Waals surface area contributed by atoms with E-state index in [1.165, 1.54) is 95.5 Å². The highest BCUT2D eigenvalue weighted by Gasteiger charge is 2.43. The first-order valence-electron chi connectivity index (χ1n) is 17.5. The summed E-state index contributed by atoms with van der Waals surface area (Å²) in [7, 11) is 0. The summed E-state index contributed by atoms with van der Waals surface area (Å²) in [6, 6.07) is 16.9. The van der Waals surface area contributed by atoms with Crippen molar-refractivity contribution in [2.75, 3.05) is 0 Å². The molecule has 0 saturated heterocycles. The summed E-state index contributed by atoms with van der Waals surface area (Å²) in [4.78, 5) is 13.9. The number of hydrogen-bond donors (Lipinski definition) is 0. The predicted molar refractivity (Wildman–Crippen MR) is 176 cm³/mol. The second-order valence-electron chi connectivity index (χ2n) is 12.8. The molecule has 0 spiro atoms. The quantitative estimate of drug-likeness (QED) is 0.0902. The summed E-state index contributed by atoms with van der Waals surface area (Å²) in [5.74, 6) is 0.206. The number of nitrogens with zero attached hydrogens (tertiary/aromatic N) is 1. The molecule has 0 heterocycles. The minimum absolute atomic E-state index is 0.200. The van der Waals surface area contributed by atoms with E-state index in [2.05, 4.69) is 44.2 Å². The lowest BCUT2D eigenvalue weighted by molar-refractivity contribution is -0.142. The lowest BCUT2D eigenvalue weighted by atomic mass is 9.69. The van der Waals surface area contributed by atoms with E-state index in [4.69, 9.17) is 4.74 Å². The molecular weight excluding hydrogens is 514 g/mol. The first-order chi connectivity index (χ1) is 20.6. The van der Waals surface area contributed by atoms with Gasteiger partial charge in [0.05, 0.1) is 11.0 Å². The zero-order valence-electron chi connectivity index (χ0n) is 26.9. The van der Waals surface area contributed by atoms with Crippen LogP contribution in [0.25, 0.3) is 0 Å². The van der Waals surface area contributed by atoms with Gasteiger partial charge in [-0.2, -0.15) is 5.26 Å². The third-order valence-corrected chi connectivity index (χ3v) is 9.36. The van der Waals surface area contributed by atoms with E-state index in [1.807, 2.05) is 18.2 Å². The van der Waals surface area contributed by atoms with Gasteiger partial charge in [-0.25, -0.2) is 0 Å². The molecule has 1 aliphatic rings. The van der Waals surface area contributed by atoms with Gasteiger partial charge in [0, 0.05) is 0 Å². The van der Waals surface area contributed by atoms with Crippen LogP contribution in [0, 0.1) is 11.3 Å². The number of hydrogen-bond acceptors (Lipinski definition) is 3. The summed E-state index contributed by atoms with van der Waals surface area (Å²) in [5.41, 5.74) is 3.42. The van der Waals surface area contributed by atoms with Gasteiger partial charge >= 0.3 is 5.97 Å². The highest BCUT2D eigenvalue weighted by atomic mass is 16.5. The van der Waals surface area contributed by atoms with Crippen LogP contribution in [0.2, 0.25) is 0 Å². The number of ether oxygens (including phenoxy) is 1. The Labute approximate surface area is 257 Å². The Morgan fingerprint density at radius 3 is 1.74 bits per heavy atom. The van der Waals surface area contributed by atoms with E-state index in [1.54, 1.807) is 0 Å². The van der Waals surface area contributed by atoms with Crippen LogP contribution in [-0.2, 0) is 23.1 Å². The number of nitriles is 1. The zero-order chi connectivity index (χ0) is 29.9. The lowest BCUT2D eigenvalue weighted by Gasteiger charge is -2.35. The largest absolute Gasteiger partial charge is 0.424 e. The molecule has 0 aliphatic heterocycles. The van der Waals surface area contributed by atoms with Crippen molar-refractivity contribution in [3.63, 3.8) is 0 Å². The Bertz CT molecular complexity index is 1070. The first-order valence-corrected chi connectivity index (χ1v) is 17.5. The van der Waals surface area contributed by atoms with Crippen LogP contribution in [0.3, 0.4) is 0 Å². The topological polar surface area (TPSA) is 50.1 Å². The Balaban J connectivity index is 1.56. The molecule has 0 radical (unpaired) electrons. The molecule has 0 aromatic heterocycles. The Morgan fingerprint density at radius 1 is 0.690 bits per heavy atom. The van der Waals surface area contributed by atoms with Crippen LogP contribution < -0.4 is 4.74 Å². The van der Waals surface area contributed by atoms with Crippen molar-refractivity contribution in [3.05, 3.63) is 64.7 Å². The van der Waals surface area contributed by atoms with Gasteiger partial charge in [0.1, 0.15) is 11.8 Å². The summed E-state index contributed by atoms with van der Waals surface area (Å²) < 4.78 is 6.07. The van der Waals surface area contributed by atoms with Crippen molar-refractivity contribution in [2.45, 2.75) is 161 Å². The maximum atomic E-state index is 13.9. The fourth-order valence-corrected chi connectivity index (χ4v) is 6.61. The van der Waals surface area contributed by atoms with Crippen LogP contribution in [0.5, 0.6) is 5.75 Å². The number of carbonyl (C=O) groups excluding carboxylic acids is 1. The highest BCUT2D eigenvalue weighted by Crippen LogP contribution is 2.41. The molecule has 2 aromatic carbocycles. The molecule has 42 heavy (non-hydrogen) atoms. The van der Waals surface area contributed by atoms with Crippen LogP contribution in [-0.4, -0.2) is 5.97 Å². The highest BCUT2D eigenvalue weighted by molar-refractivity contribution is 5.85. The van der Waals surface area contributed by atoms with Crippen molar-refractivity contribution >= 4 is 5.97 Å². The molecule has 1 saturated carbocycles. The van der Waals surface area contributed by atoms with Gasteiger partial charge in [0.25, 0.3) is 0 Å². The van der Waals surface area contributed by atoms with E-state index in [9.17, 15) is 10.1 Å². The van der Waals surface area contributed by atoms with Gasteiger partial charge in [-0.15, -0.1) is 0 Å². The lowest BCUT2D eigenvalue weighted by Crippen LogP contribution is -2.41. The molecule has 0 atom stereocenters. The SMILES string of the molecule is CCCCCCCCCCc1ccc(OC(=O)C2(c3ccc(CCCCCCCCC)cc3)CCCCC2)c(C#N)c1. The normalized spacial score (nSPS) is 14.4. The molecule has 3 rings (SSSR count). The van der Waals surface area contributed by atoms with Gasteiger partial charge in [-0.1, -0.05) is 147 Å². The number of aryl methyl sites for hydroxylation is 2. The van der Waals surface area contributed by atoms with E-state index >= 15 is 0 Å². The van der Waals surface area contributed by atoms with Crippen LogP contribution in [0.4, 0.5) is 0 Å². The number of carbonyl (C=O) groups is 1. The third-order valence-electron chi connectivity index (χ3n) is 9.36. The molecule has 1 fully saturated rings. The van der Waals surface area contributed by atoms with Crippen molar-refractivity contribution in [3.8, 4) is 11.8 Å². The number of rotatable bonds is 20. The van der Waals surface area contributed by atoms with E-state index in [0.29, 0.717) is 11.3 Å². The summed E-state index contributed by atoms with van der Waals surface area (Å²) in [5, 5.41) is 9.89. The first kappa shape index (κ1) is 33.9. The van der Waals surface area contributed by atoms with Gasteiger partial charge in [-0.3, -0.25) is 4.79 Å². The van der Waals surface area contributed by atoms with Crippen molar-refractivity contribution in [2.24, 2.45) is 0 Å². The Hall–Kier alpha value is -2.60. The molecule has 0 bridgehead atoms. The van der Waals surface area contributed by atoms with E-state index < -0.39 is 5.41 Å². The Morgan fingerprint density at radius 2 is 1.19 bits per heavy atom. The second-order valence-corrected chi connectivity index (χ2v) is 12.8. The second kappa shape index (κ2) is 19.6. The predicted octanol–water partition coefficient (Wildman–Crippen LogP) is 11.3. The molecule has 230 valence electrons. The van der Waals surface area contributed by atoms with Gasteiger partial charge < -0.3 is 4.74 Å². The summed E-state index contributed by atoms with van der Waals surface area (Å²) in [6.45, 7) is 4.52. The maximum Gasteiger partial charge on any atom is 0.321 e. The average Bonchev–Trinajstić information content (AvgIpc) is 3.03. The fraction of sp³-hybridized carbons (Fsp3) is 0.641. The van der Waals surface area contributed by atoms with Gasteiger partial charge in [0.15, 0.2) is 0 Å². The monoisotopic (exact) mass is 571 g/mol. The summed E-state index contributed by atoms with van der Waals surface area (Å²) in [6.07, 6.45) is 26.4. The summed E-state index contributed by atoms with van der Waals surface area (Å²) >= 11 is 0. The molecule has 1 aliphatic carbocycles. The van der Waals surface area contributed by atoms with Crippen LogP contribution >= 0.6 is 0 Å².